The molecule has 138 valence electrons. The molecule has 0 spiro atoms. The van der Waals surface area contributed by atoms with Crippen molar-refractivity contribution in [1.82, 2.24) is 4.90 Å². The highest BCUT2D eigenvalue weighted by atomic mass is 16.5. The molecule has 2 aromatic carbocycles. The van der Waals surface area contributed by atoms with E-state index in [1.54, 1.807) is 6.08 Å². The van der Waals surface area contributed by atoms with Gasteiger partial charge in [-0.15, -0.1) is 0 Å². The van der Waals surface area contributed by atoms with Crippen molar-refractivity contribution in [3.05, 3.63) is 66.2 Å². The Labute approximate surface area is 157 Å². The van der Waals surface area contributed by atoms with E-state index in [9.17, 15) is 4.79 Å². The van der Waals surface area contributed by atoms with Crippen LogP contribution in [0.15, 0.2) is 60.7 Å². The minimum absolute atomic E-state index is 0.301. The minimum atomic E-state index is -0.301. The van der Waals surface area contributed by atoms with Crippen molar-refractivity contribution < 1.29 is 9.53 Å². The van der Waals surface area contributed by atoms with Gasteiger partial charge in [0.25, 0.3) is 0 Å². The number of ether oxygens (including phenoxy) is 1. The molecule has 2 aromatic rings. The van der Waals surface area contributed by atoms with E-state index in [-0.39, 0.29) is 5.97 Å². The number of nitrogens with zero attached hydrogens (tertiary/aromatic N) is 1. The third-order valence-electron chi connectivity index (χ3n) is 4.35. The van der Waals surface area contributed by atoms with Gasteiger partial charge < -0.3 is 4.74 Å². The molecule has 2 rings (SSSR count). The summed E-state index contributed by atoms with van der Waals surface area (Å²) in [4.78, 5) is 14.2. The van der Waals surface area contributed by atoms with Crippen LogP contribution in [0, 0.1) is 0 Å². The van der Waals surface area contributed by atoms with Gasteiger partial charge >= 0.3 is 5.97 Å². The summed E-state index contributed by atoms with van der Waals surface area (Å²) in [6, 6.07) is 19.2. The summed E-state index contributed by atoms with van der Waals surface area (Å²) in [6.07, 6.45) is 3.28. The Morgan fingerprint density at radius 2 is 1.50 bits per heavy atom. The molecule has 0 heterocycles. The van der Waals surface area contributed by atoms with Gasteiger partial charge in [-0.3, -0.25) is 4.90 Å². The predicted octanol–water partition coefficient (Wildman–Crippen LogP) is 5.03. The maximum Gasteiger partial charge on any atom is 0.330 e. The average Bonchev–Trinajstić information content (AvgIpc) is 2.64. The normalized spacial score (nSPS) is 11.7. The average molecular weight is 351 g/mol. The Kier molecular flexibility index (Phi) is 7.61. The van der Waals surface area contributed by atoms with Gasteiger partial charge in [-0.25, -0.2) is 4.79 Å². The largest absolute Gasteiger partial charge is 0.461 e. The van der Waals surface area contributed by atoms with Crippen LogP contribution in [0.1, 0.15) is 33.3 Å². The fourth-order valence-electron chi connectivity index (χ4n) is 2.99. The molecule has 3 heteroatoms. The molecule has 0 aliphatic heterocycles. The van der Waals surface area contributed by atoms with E-state index in [1.165, 1.54) is 11.6 Å². The molecule has 0 radical (unpaired) electrons. The van der Waals surface area contributed by atoms with Crippen molar-refractivity contribution in [2.75, 3.05) is 13.2 Å². The fraction of sp³-hybridized carbons (Fsp3) is 0.348. The number of hydrogen-bond donors (Lipinski definition) is 0. The lowest BCUT2D eigenvalue weighted by Gasteiger charge is -2.29. The highest BCUT2D eigenvalue weighted by molar-refractivity contribution is 5.87. The molecular formula is C23H29NO2. The number of carbonyl (C=O) groups excluding carboxylic acids is 1. The smallest absolute Gasteiger partial charge is 0.330 e. The third kappa shape index (κ3) is 6.16. The molecule has 0 atom stereocenters. The lowest BCUT2D eigenvalue weighted by Crippen LogP contribution is -2.39. The summed E-state index contributed by atoms with van der Waals surface area (Å²) in [5.74, 6) is -0.301. The van der Waals surface area contributed by atoms with Crippen molar-refractivity contribution in [3.63, 3.8) is 0 Å². The zero-order valence-corrected chi connectivity index (χ0v) is 16.2. The monoisotopic (exact) mass is 351 g/mol. The summed E-state index contributed by atoms with van der Waals surface area (Å²) in [7, 11) is 0. The Balaban J connectivity index is 1.84. The Morgan fingerprint density at radius 3 is 2.08 bits per heavy atom. The van der Waals surface area contributed by atoms with Gasteiger partial charge in [-0.05, 0) is 50.5 Å². The van der Waals surface area contributed by atoms with Crippen LogP contribution in [0.25, 0.3) is 17.2 Å². The van der Waals surface area contributed by atoms with Gasteiger partial charge in [0, 0.05) is 24.7 Å². The van der Waals surface area contributed by atoms with Crippen LogP contribution < -0.4 is 0 Å². The third-order valence-corrected chi connectivity index (χ3v) is 4.35. The molecule has 3 nitrogen and oxygen atoms in total. The van der Waals surface area contributed by atoms with Crippen LogP contribution >= 0.6 is 0 Å². The highest BCUT2D eigenvalue weighted by Crippen LogP contribution is 2.19. The Bertz CT molecular complexity index is 695. The lowest BCUT2D eigenvalue weighted by atomic mass is 10.0. The Morgan fingerprint density at radius 1 is 0.923 bits per heavy atom. The molecule has 0 fully saturated rings. The van der Waals surface area contributed by atoms with Gasteiger partial charge in [0.2, 0.25) is 0 Å². The molecule has 0 amide bonds. The van der Waals surface area contributed by atoms with E-state index < -0.39 is 0 Å². The molecule has 0 saturated carbocycles. The number of esters is 1. The first-order valence-corrected chi connectivity index (χ1v) is 9.23. The number of hydrogen-bond acceptors (Lipinski definition) is 3. The van der Waals surface area contributed by atoms with E-state index in [1.807, 2.05) is 30.3 Å². The molecule has 0 unspecified atom stereocenters. The van der Waals surface area contributed by atoms with Gasteiger partial charge in [-0.1, -0.05) is 54.6 Å². The molecule has 0 aromatic heterocycles. The van der Waals surface area contributed by atoms with Crippen LogP contribution in [-0.4, -0.2) is 36.1 Å². The molecule has 0 bridgehead atoms. The quantitative estimate of drug-likeness (QED) is 0.493. The molecule has 0 N–H and O–H groups in total. The summed E-state index contributed by atoms with van der Waals surface area (Å²) >= 11 is 0. The zero-order chi connectivity index (χ0) is 18.9. The molecule has 0 aliphatic carbocycles. The molecule has 0 saturated heterocycles. The number of benzene rings is 2. The van der Waals surface area contributed by atoms with Crippen LogP contribution in [-0.2, 0) is 9.53 Å². The first kappa shape index (κ1) is 19.9. The van der Waals surface area contributed by atoms with Crippen molar-refractivity contribution in [1.29, 1.82) is 0 Å². The molecule has 26 heavy (non-hydrogen) atoms. The van der Waals surface area contributed by atoms with Gasteiger partial charge in [0.1, 0.15) is 6.61 Å². The summed E-state index contributed by atoms with van der Waals surface area (Å²) in [5.41, 5.74) is 3.32. The molecule has 0 aliphatic rings. The van der Waals surface area contributed by atoms with Crippen molar-refractivity contribution in [2.24, 2.45) is 0 Å². The number of rotatable bonds is 8. The maximum absolute atomic E-state index is 11.9. The van der Waals surface area contributed by atoms with Crippen LogP contribution in [0.5, 0.6) is 0 Å². The van der Waals surface area contributed by atoms with Crippen LogP contribution in [0.3, 0.4) is 0 Å². The van der Waals surface area contributed by atoms with Gasteiger partial charge in [-0.2, -0.15) is 0 Å². The Hall–Kier alpha value is -2.39. The number of carbonyl (C=O) groups is 1. The summed E-state index contributed by atoms with van der Waals surface area (Å²) < 4.78 is 5.32. The standard InChI is InChI=1S/C23H29NO2/c1-18(2)24(19(3)4)16-17-26-23(25)15-12-20-10-13-22(14-11-20)21-8-6-5-7-9-21/h5-15,18-19H,16-17H2,1-4H3/b15-12-. The zero-order valence-electron chi connectivity index (χ0n) is 16.2. The SMILES string of the molecule is CC(C)N(CCOC(=O)/C=C\c1ccc(-c2ccccc2)cc1)C(C)C. The first-order valence-electron chi connectivity index (χ1n) is 9.23. The van der Waals surface area contributed by atoms with E-state index in [2.05, 4.69) is 56.9 Å². The maximum atomic E-state index is 11.9. The van der Waals surface area contributed by atoms with Crippen LogP contribution in [0.4, 0.5) is 0 Å². The van der Waals surface area contributed by atoms with Gasteiger partial charge in [0.15, 0.2) is 0 Å². The lowest BCUT2D eigenvalue weighted by molar-refractivity contribution is -0.138. The molecular weight excluding hydrogens is 322 g/mol. The second kappa shape index (κ2) is 9.93. The second-order valence-electron chi connectivity index (χ2n) is 6.91. The van der Waals surface area contributed by atoms with Crippen molar-refractivity contribution in [2.45, 2.75) is 39.8 Å². The summed E-state index contributed by atoms with van der Waals surface area (Å²) in [6.45, 7) is 9.77. The van der Waals surface area contributed by atoms with Crippen molar-refractivity contribution >= 4 is 12.0 Å². The topological polar surface area (TPSA) is 29.5 Å². The van der Waals surface area contributed by atoms with E-state index >= 15 is 0 Å². The highest BCUT2D eigenvalue weighted by Gasteiger charge is 2.13. The van der Waals surface area contributed by atoms with E-state index in [0.717, 1.165) is 17.7 Å². The van der Waals surface area contributed by atoms with E-state index in [4.69, 9.17) is 4.74 Å². The van der Waals surface area contributed by atoms with Crippen LogP contribution in [0.2, 0.25) is 0 Å². The summed E-state index contributed by atoms with van der Waals surface area (Å²) in [5, 5.41) is 0. The van der Waals surface area contributed by atoms with Crippen molar-refractivity contribution in [3.8, 4) is 11.1 Å². The van der Waals surface area contributed by atoms with Gasteiger partial charge in [0.05, 0.1) is 0 Å². The second-order valence-corrected chi connectivity index (χ2v) is 6.91. The predicted molar refractivity (Wildman–Crippen MR) is 109 cm³/mol. The minimum Gasteiger partial charge on any atom is -0.461 e. The fourth-order valence-corrected chi connectivity index (χ4v) is 2.99. The first-order chi connectivity index (χ1) is 12.5. The van der Waals surface area contributed by atoms with E-state index in [0.29, 0.717) is 18.7 Å².